The molecule has 3 amide bonds. The highest BCUT2D eigenvalue weighted by Gasteiger charge is 2.34. The number of ether oxygens (including phenoxy) is 2. The fourth-order valence-electron chi connectivity index (χ4n) is 4.85. The van der Waals surface area contributed by atoms with Gasteiger partial charge in [0, 0.05) is 29.5 Å². The summed E-state index contributed by atoms with van der Waals surface area (Å²) in [4.78, 5) is 41.4. The molecule has 0 aliphatic heterocycles. The number of nitrogens with one attached hydrogen (secondary N) is 4. The molecule has 2 aromatic carbocycles. The first-order valence-electron chi connectivity index (χ1n) is 14.8. The van der Waals surface area contributed by atoms with Gasteiger partial charge in [0.1, 0.15) is 22.7 Å². The number of aromatic amines is 1. The number of carbonyl (C=O) groups excluding carboxylic acids is 3. The maximum absolute atomic E-state index is 13.3. The number of H-pyrrole nitrogens is 1. The third-order valence-electron chi connectivity index (χ3n) is 6.99. The first kappa shape index (κ1) is 31.8. The van der Waals surface area contributed by atoms with Gasteiger partial charge < -0.3 is 30.4 Å². The molecule has 1 saturated carbocycles. The summed E-state index contributed by atoms with van der Waals surface area (Å²) in [6.45, 7) is 11.0. The Labute approximate surface area is 252 Å². The van der Waals surface area contributed by atoms with E-state index in [4.69, 9.17) is 9.47 Å². The van der Waals surface area contributed by atoms with Crippen molar-refractivity contribution in [2.24, 2.45) is 5.92 Å². The number of aromatic nitrogens is 1. The quantitative estimate of drug-likeness (QED) is 0.209. The molecule has 0 spiro atoms. The second-order valence-corrected chi connectivity index (χ2v) is 13.2. The Kier molecular flexibility index (Phi) is 9.67. The molecule has 232 valence electrons. The van der Waals surface area contributed by atoms with Gasteiger partial charge in [-0.05, 0) is 109 Å². The van der Waals surface area contributed by atoms with Crippen molar-refractivity contribution in [3.8, 4) is 11.1 Å². The van der Waals surface area contributed by atoms with Crippen molar-refractivity contribution >= 4 is 29.0 Å². The highest BCUT2D eigenvalue weighted by molar-refractivity contribution is 5.98. The van der Waals surface area contributed by atoms with Gasteiger partial charge in [0.15, 0.2) is 0 Å². The monoisotopic (exact) mass is 594 g/mol. The van der Waals surface area contributed by atoms with E-state index in [9.17, 15) is 18.8 Å². The van der Waals surface area contributed by atoms with Crippen molar-refractivity contribution in [1.29, 1.82) is 0 Å². The van der Waals surface area contributed by atoms with Gasteiger partial charge in [-0.1, -0.05) is 24.3 Å². The zero-order valence-electron chi connectivity index (χ0n) is 25.8. The molecular weight excluding hydrogens is 551 g/mol. The van der Waals surface area contributed by atoms with Crippen LogP contribution in [0.25, 0.3) is 22.0 Å². The van der Waals surface area contributed by atoms with Gasteiger partial charge in [0.2, 0.25) is 0 Å². The molecule has 4 rings (SSSR count). The molecule has 3 aromatic rings. The first-order valence-corrected chi connectivity index (χ1v) is 14.8. The van der Waals surface area contributed by atoms with Gasteiger partial charge in [0.05, 0.1) is 0 Å². The zero-order chi connectivity index (χ0) is 31.4. The molecule has 1 aliphatic rings. The lowest BCUT2D eigenvalue weighted by Crippen LogP contribution is -2.47. The van der Waals surface area contributed by atoms with Crippen LogP contribution >= 0.6 is 0 Å². The number of hydrogen-bond acceptors (Lipinski definition) is 5. The van der Waals surface area contributed by atoms with Crippen molar-refractivity contribution in [3.63, 3.8) is 0 Å². The topological polar surface area (TPSA) is 122 Å². The Balaban J connectivity index is 1.41. The molecule has 1 heterocycles. The number of halogens is 1. The number of carbonyl (C=O) groups is 3. The predicted molar refractivity (Wildman–Crippen MR) is 164 cm³/mol. The Bertz CT molecular complexity index is 1430. The Hall–Kier alpha value is -4.08. The summed E-state index contributed by atoms with van der Waals surface area (Å²) in [5.74, 6) is -0.262. The number of fused-ring (bicyclic) bond motifs is 1. The van der Waals surface area contributed by atoms with Crippen molar-refractivity contribution in [2.75, 3.05) is 6.54 Å². The highest BCUT2D eigenvalue weighted by atomic mass is 19.1. The normalized spacial score (nSPS) is 15.0. The number of amides is 3. The van der Waals surface area contributed by atoms with Crippen LogP contribution in [-0.4, -0.2) is 52.9 Å². The molecule has 4 N–H and O–H groups in total. The number of alkyl carbamates (subject to hydrolysis) is 2. The van der Waals surface area contributed by atoms with E-state index in [0.717, 1.165) is 34.9 Å². The predicted octanol–water partition coefficient (Wildman–Crippen LogP) is 6.68. The minimum Gasteiger partial charge on any atom is -0.444 e. The summed E-state index contributed by atoms with van der Waals surface area (Å²) >= 11 is 0. The van der Waals surface area contributed by atoms with Gasteiger partial charge in [-0.15, -0.1) is 0 Å². The highest BCUT2D eigenvalue weighted by Crippen LogP contribution is 2.35. The van der Waals surface area contributed by atoms with Crippen molar-refractivity contribution in [1.82, 2.24) is 20.9 Å². The van der Waals surface area contributed by atoms with Gasteiger partial charge in [-0.25, -0.2) is 14.0 Å². The van der Waals surface area contributed by atoms with E-state index >= 15 is 0 Å². The molecular formula is C33H43FN4O5. The van der Waals surface area contributed by atoms with Crippen LogP contribution < -0.4 is 16.0 Å². The largest absolute Gasteiger partial charge is 0.444 e. The van der Waals surface area contributed by atoms with Crippen LogP contribution in [0.1, 0.15) is 77.7 Å². The van der Waals surface area contributed by atoms with E-state index in [2.05, 4.69) is 20.9 Å². The van der Waals surface area contributed by atoms with Crippen LogP contribution in [0.15, 0.2) is 48.5 Å². The first-order chi connectivity index (χ1) is 20.1. The smallest absolute Gasteiger partial charge is 0.407 e. The van der Waals surface area contributed by atoms with E-state index in [0.29, 0.717) is 24.5 Å². The van der Waals surface area contributed by atoms with Gasteiger partial charge in [0.25, 0.3) is 5.91 Å². The molecule has 10 heteroatoms. The van der Waals surface area contributed by atoms with Crippen LogP contribution in [0.4, 0.5) is 14.0 Å². The fraction of sp³-hybridized carbons (Fsp3) is 0.485. The standard InChI is InChI=1S/C33H43FN4O5/c1-32(2,3)42-30(40)36-25(15-16-26(21-7-8-21)38-31(41)43-33(4,5)6)19-35-29(39)28-18-23-10-9-22(17-27(23)37-28)20-11-13-24(34)14-12-20/h9-14,17-18,21,25-26,37H,7-8,15-16,19H2,1-6H3,(H,35,39)(H,36,40)(H,38,41)/t25-,26?/m0/s1. The second-order valence-electron chi connectivity index (χ2n) is 13.2. The average Bonchev–Trinajstić information content (AvgIpc) is 3.65. The molecule has 9 nitrogen and oxygen atoms in total. The SMILES string of the molecule is CC(C)(C)OC(=O)NC(CC[C@@H](CNC(=O)c1cc2ccc(-c3ccc(F)cc3)cc2[nH]1)NC(=O)OC(C)(C)C)C1CC1. The van der Waals surface area contributed by atoms with E-state index in [-0.39, 0.29) is 24.3 Å². The average molecular weight is 595 g/mol. The van der Waals surface area contributed by atoms with Gasteiger partial charge in [-0.2, -0.15) is 0 Å². The molecule has 0 radical (unpaired) electrons. The minimum absolute atomic E-state index is 0.0995. The third kappa shape index (κ3) is 10.0. The maximum Gasteiger partial charge on any atom is 0.407 e. The molecule has 0 saturated heterocycles. The van der Waals surface area contributed by atoms with Crippen molar-refractivity contribution in [3.05, 3.63) is 60.0 Å². The molecule has 0 bridgehead atoms. The van der Waals surface area contributed by atoms with E-state index < -0.39 is 29.4 Å². The number of benzene rings is 2. The number of hydrogen-bond donors (Lipinski definition) is 4. The van der Waals surface area contributed by atoms with Crippen LogP contribution in [0.2, 0.25) is 0 Å². The summed E-state index contributed by atoms with van der Waals surface area (Å²) in [5, 5.41) is 9.67. The van der Waals surface area contributed by atoms with Gasteiger partial charge >= 0.3 is 12.2 Å². The van der Waals surface area contributed by atoms with Crippen molar-refractivity contribution < 1.29 is 28.2 Å². The minimum atomic E-state index is -0.677. The molecule has 2 atom stereocenters. The summed E-state index contributed by atoms with van der Waals surface area (Å²) in [6.07, 6.45) is 2.10. The van der Waals surface area contributed by atoms with Crippen molar-refractivity contribution in [2.45, 2.75) is 90.5 Å². The molecule has 1 unspecified atom stereocenters. The molecule has 43 heavy (non-hydrogen) atoms. The molecule has 1 aromatic heterocycles. The summed E-state index contributed by atoms with van der Waals surface area (Å²) < 4.78 is 24.3. The lowest BCUT2D eigenvalue weighted by atomic mass is 10.0. The third-order valence-corrected chi connectivity index (χ3v) is 6.99. The maximum atomic E-state index is 13.3. The lowest BCUT2D eigenvalue weighted by Gasteiger charge is -2.26. The van der Waals surface area contributed by atoms with E-state index in [1.165, 1.54) is 12.1 Å². The zero-order valence-corrected chi connectivity index (χ0v) is 25.8. The molecule has 1 aliphatic carbocycles. The van der Waals surface area contributed by atoms with E-state index in [1.807, 2.05) is 39.0 Å². The lowest BCUT2D eigenvalue weighted by molar-refractivity contribution is 0.0469. The van der Waals surface area contributed by atoms with Crippen LogP contribution in [-0.2, 0) is 9.47 Å². The van der Waals surface area contributed by atoms with Crippen LogP contribution in [0.5, 0.6) is 0 Å². The van der Waals surface area contributed by atoms with Gasteiger partial charge in [-0.3, -0.25) is 4.79 Å². The Morgan fingerprint density at radius 3 is 2.07 bits per heavy atom. The number of rotatable bonds is 10. The van der Waals surface area contributed by atoms with Crippen LogP contribution in [0.3, 0.4) is 0 Å². The molecule has 1 fully saturated rings. The summed E-state index contributed by atoms with van der Waals surface area (Å²) in [6, 6.07) is 13.2. The van der Waals surface area contributed by atoms with E-state index in [1.54, 1.807) is 39.0 Å². The Morgan fingerprint density at radius 1 is 0.860 bits per heavy atom. The summed E-state index contributed by atoms with van der Waals surface area (Å²) in [7, 11) is 0. The second kappa shape index (κ2) is 13.1. The summed E-state index contributed by atoms with van der Waals surface area (Å²) in [5.41, 5.74) is 1.64. The Morgan fingerprint density at radius 2 is 1.47 bits per heavy atom. The van der Waals surface area contributed by atoms with Crippen LogP contribution in [0, 0.1) is 11.7 Å². The fourth-order valence-corrected chi connectivity index (χ4v) is 4.85.